The van der Waals surface area contributed by atoms with Crippen molar-refractivity contribution in [3.63, 3.8) is 0 Å². The molecule has 3 nitrogen and oxygen atoms in total. The zero-order valence-corrected chi connectivity index (χ0v) is 7.79. The van der Waals surface area contributed by atoms with E-state index in [-0.39, 0.29) is 11.4 Å². The highest BCUT2D eigenvalue weighted by Crippen LogP contribution is 2.42. The highest BCUT2D eigenvalue weighted by atomic mass is 16.5. The number of rotatable bonds is 2. The normalized spacial score (nSPS) is 37.3. The summed E-state index contributed by atoms with van der Waals surface area (Å²) in [6.45, 7) is 2.72. The third kappa shape index (κ3) is 1.61. The Balaban J connectivity index is 1.89. The fourth-order valence-electron chi connectivity index (χ4n) is 2.04. The molecule has 0 aromatic carbocycles. The summed E-state index contributed by atoms with van der Waals surface area (Å²) < 4.78 is 10.9. The van der Waals surface area contributed by atoms with E-state index in [1.54, 1.807) is 0 Å². The number of ether oxygens (including phenoxy) is 2. The van der Waals surface area contributed by atoms with Crippen LogP contribution in [0.25, 0.3) is 0 Å². The number of hydrogen-bond acceptors (Lipinski definition) is 3. The van der Waals surface area contributed by atoms with Gasteiger partial charge in [0.2, 0.25) is 0 Å². The molecule has 2 rings (SSSR count). The molecule has 1 spiro atoms. The van der Waals surface area contributed by atoms with Gasteiger partial charge in [0.15, 0.2) is 5.78 Å². The van der Waals surface area contributed by atoms with Gasteiger partial charge in [-0.25, -0.2) is 0 Å². The van der Waals surface area contributed by atoms with Gasteiger partial charge in [0.25, 0.3) is 0 Å². The molecule has 1 aliphatic carbocycles. The second-order valence-corrected chi connectivity index (χ2v) is 3.73. The van der Waals surface area contributed by atoms with Crippen molar-refractivity contribution in [2.75, 3.05) is 6.61 Å². The average molecular weight is 182 g/mol. The molecule has 0 aromatic rings. The van der Waals surface area contributed by atoms with Crippen molar-refractivity contribution < 1.29 is 14.3 Å². The molecule has 72 valence electrons. The maximum Gasteiger partial charge on any atom is 0.162 e. The van der Waals surface area contributed by atoms with E-state index < -0.39 is 0 Å². The van der Waals surface area contributed by atoms with Crippen LogP contribution >= 0.6 is 0 Å². The van der Waals surface area contributed by atoms with Crippen molar-refractivity contribution in [2.45, 2.75) is 37.9 Å². The molecule has 0 aromatic heterocycles. The highest BCUT2D eigenvalue weighted by molar-refractivity contribution is 5.91. The molecule has 0 atom stereocenters. The standard InChI is InChI=1S/C10H14O3/c1-2-12-9-6-10(7-9)5-8(11)3-4-13-10/h3-4,9H,2,5-7H2,1H3. The Morgan fingerprint density at radius 1 is 1.69 bits per heavy atom. The van der Waals surface area contributed by atoms with E-state index in [0.29, 0.717) is 12.5 Å². The van der Waals surface area contributed by atoms with Crippen LogP contribution in [0.15, 0.2) is 12.3 Å². The van der Waals surface area contributed by atoms with Crippen LogP contribution in [0.4, 0.5) is 0 Å². The fourth-order valence-corrected chi connectivity index (χ4v) is 2.04. The Labute approximate surface area is 77.7 Å². The summed E-state index contributed by atoms with van der Waals surface area (Å²) in [7, 11) is 0. The number of hydrogen-bond donors (Lipinski definition) is 0. The van der Waals surface area contributed by atoms with Gasteiger partial charge in [-0.3, -0.25) is 4.79 Å². The van der Waals surface area contributed by atoms with Crippen LogP contribution in [0.3, 0.4) is 0 Å². The first kappa shape index (κ1) is 8.75. The highest BCUT2D eigenvalue weighted by Gasteiger charge is 2.48. The van der Waals surface area contributed by atoms with E-state index in [2.05, 4.69) is 0 Å². The Kier molecular flexibility index (Phi) is 2.12. The second-order valence-electron chi connectivity index (χ2n) is 3.73. The molecule has 1 fully saturated rings. The zero-order chi connectivity index (χ0) is 9.31. The van der Waals surface area contributed by atoms with E-state index in [0.717, 1.165) is 19.4 Å². The van der Waals surface area contributed by atoms with Gasteiger partial charge in [-0.15, -0.1) is 0 Å². The van der Waals surface area contributed by atoms with Gasteiger partial charge < -0.3 is 9.47 Å². The quantitative estimate of drug-likeness (QED) is 0.648. The van der Waals surface area contributed by atoms with Crippen LogP contribution in [0.1, 0.15) is 26.2 Å². The molecule has 0 amide bonds. The predicted octanol–water partition coefficient (Wildman–Crippen LogP) is 1.43. The van der Waals surface area contributed by atoms with Gasteiger partial charge in [0.1, 0.15) is 5.60 Å². The van der Waals surface area contributed by atoms with E-state index in [9.17, 15) is 4.79 Å². The van der Waals surface area contributed by atoms with Gasteiger partial charge in [-0.05, 0) is 6.92 Å². The van der Waals surface area contributed by atoms with Crippen LogP contribution in [0.5, 0.6) is 0 Å². The molecule has 1 heterocycles. The monoisotopic (exact) mass is 182 g/mol. The molecular formula is C10H14O3. The largest absolute Gasteiger partial charge is 0.494 e. The maximum atomic E-state index is 11.1. The van der Waals surface area contributed by atoms with Crippen LogP contribution in [-0.2, 0) is 14.3 Å². The average Bonchev–Trinajstić information content (AvgIpc) is 2.02. The number of carbonyl (C=O) groups excluding carboxylic acids is 1. The summed E-state index contributed by atoms with van der Waals surface area (Å²) in [4.78, 5) is 11.1. The molecule has 0 unspecified atom stereocenters. The summed E-state index contributed by atoms with van der Waals surface area (Å²) in [5.41, 5.74) is -0.217. The van der Waals surface area contributed by atoms with Crippen molar-refractivity contribution in [2.24, 2.45) is 0 Å². The minimum absolute atomic E-state index is 0.168. The third-order valence-electron chi connectivity index (χ3n) is 2.67. The summed E-state index contributed by atoms with van der Waals surface area (Å²) in [6, 6.07) is 0. The zero-order valence-electron chi connectivity index (χ0n) is 7.79. The van der Waals surface area contributed by atoms with Crippen LogP contribution in [-0.4, -0.2) is 24.1 Å². The number of ketones is 1. The Morgan fingerprint density at radius 3 is 3.08 bits per heavy atom. The van der Waals surface area contributed by atoms with Crippen LogP contribution in [0, 0.1) is 0 Å². The SMILES string of the molecule is CCOC1CC2(CC(=O)C=CO2)C1. The molecule has 0 bridgehead atoms. The first-order valence-electron chi connectivity index (χ1n) is 4.73. The van der Waals surface area contributed by atoms with Gasteiger partial charge in [0, 0.05) is 25.5 Å². The lowest BCUT2D eigenvalue weighted by atomic mass is 9.73. The minimum atomic E-state index is -0.217. The Bertz CT molecular complexity index is 239. The summed E-state index contributed by atoms with van der Waals surface area (Å²) >= 11 is 0. The molecule has 0 radical (unpaired) electrons. The summed E-state index contributed by atoms with van der Waals surface area (Å²) in [5, 5.41) is 0. The smallest absolute Gasteiger partial charge is 0.162 e. The second kappa shape index (κ2) is 3.14. The van der Waals surface area contributed by atoms with Crippen molar-refractivity contribution in [1.82, 2.24) is 0 Å². The third-order valence-corrected chi connectivity index (χ3v) is 2.67. The van der Waals surface area contributed by atoms with Gasteiger partial charge in [0.05, 0.1) is 18.8 Å². The number of carbonyl (C=O) groups is 1. The van der Waals surface area contributed by atoms with Crippen molar-refractivity contribution >= 4 is 5.78 Å². The van der Waals surface area contributed by atoms with Gasteiger partial charge in [-0.2, -0.15) is 0 Å². The lowest BCUT2D eigenvalue weighted by Crippen LogP contribution is -2.51. The molecule has 3 heteroatoms. The molecule has 1 aliphatic heterocycles. The van der Waals surface area contributed by atoms with Gasteiger partial charge >= 0.3 is 0 Å². The topological polar surface area (TPSA) is 35.5 Å². The molecule has 0 saturated heterocycles. The van der Waals surface area contributed by atoms with E-state index in [1.807, 2.05) is 6.92 Å². The van der Waals surface area contributed by atoms with Crippen molar-refractivity contribution in [3.05, 3.63) is 12.3 Å². The molecule has 2 aliphatic rings. The van der Waals surface area contributed by atoms with Crippen molar-refractivity contribution in [1.29, 1.82) is 0 Å². The van der Waals surface area contributed by atoms with Crippen LogP contribution in [0.2, 0.25) is 0 Å². The fraction of sp³-hybridized carbons (Fsp3) is 0.700. The summed E-state index contributed by atoms with van der Waals surface area (Å²) in [5.74, 6) is 0.168. The van der Waals surface area contributed by atoms with E-state index in [1.165, 1.54) is 12.3 Å². The first-order valence-corrected chi connectivity index (χ1v) is 4.73. The maximum absolute atomic E-state index is 11.1. The summed E-state index contributed by atoms with van der Waals surface area (Å²) in [6.07, 6.45) is 5.55. The molecule has 0 N–H and O–H groups in total. The first-order chi connectivity index (χ1) is 6.24. The van der Waals surface area contributed by atoms with Gasteiger partial charge in [-0.1, -0.05) is 0 Å². The number of allylic oxidation sites excluding steroid dienone is 1. The Hall–Kier alpha value is -0.830. The lowest BCUT2D eigenvalue weighted by molar-refractivity contribution is -0.157. The molecule has 13 heavy (non-hydrogen) atoms. The van der Waals surface area contributed by atoms with E-state index >= 15 is 0 Å². The lowest BCUT2D eigenvalue weighted by Gasteiger charge is -2.46. The van der Waals surface area contributed by atoms with Crippen molar-refractivity contribution in [3.8, 4) is 0 Å². The predicted molar refractivity (Wildman–Crippen MR) is 47.2 cm³/mol. The molecule has 1 saturated carbocycles. The molecular weight excluding hydrogens is 168 g/mol. The Morgan fingerprint density at radius 2 is 2.46 bits per heavy atom. The van der Waals surface area contributed by atoms with Crippen LogP contribution < -0.4 is 0 Å². The minimum Gasteiger partial charge on any atom is -0.494 e. The van der Waals surface area contributed by atoms with E-state index in [4.69, 9.17) is 9.47 Å².